The van der Waals surface area contributed by atoms with Crippen molar-refractivity contribution >= 4 is 17.9 Å². The zero-order valence-electron chi connectivity index (χ0n) is 48.4. The van der Waals surface area contributed by atoms with Crippen LogP contribution in [0.2, 0.25) is 0 Å². The van der Waals surface area contributed by atoms with Gasteiger partial charge in [0.2, 0.25) is 0 Å². The number of hydrogen-bond donors (Lipinski definition) is 12. The molecule has 26 atom stereocenters. The molecule has 3 saturated heterocycles. The molecule has 460 valence electrons. The van der Waals surface area contributed by atoms with E-state index in [9.17, 15) is 75.7 Å². The average Bonchev–Trinajstić information content (AvgIpc) is 2.99. The van der Waals surface area contributed by atoms with Crippen molar-refractivity contribution in [1.82, 2.24) is 0 Å². The summed E-state index contributed by atoms with van der Waals surface area (Å²) in [5, 5.41) is 135. The van der Waals surface area contributed by atoms with Gasteiger partial charge in [0, 0.05) is 27.9 Å². The Balaban J connectivity index is 1.14. The molecule has 0 amide bonds. The Hall–Kier alpha value is -3.05. The number of fused-ring (bicyclic) bond motifs is 7. The number of hydrogen-bond acceptors (Lipinski definition) is 22. The molecule has 23 heteroatoms. The second-order valence-corrected chi connectivity index (χ2v) is 26.4. The highest BCUT2D eigenvalue weighted by atomic mass is 16.8. The largest absolute Gasteiger partial charge is 0.479 e. The van der Waals surface area contributed by atoms with Crippen LogP contribution in [0.3, 0.4) is 0 Å². The predicted octanol–water partition coefficient (Wildman–Crippen LogP) is 0.510. The van der Waals surface area contributed by atoms with Gasteiger partial charge in [0.15, 0.2) is 31.1 Å². The molecular formula is C58H90O23. The molecular weight excluding hydrogens is 1060 g/mol. The topological polar surface area (TPSA) is 368 Å². The molecule has 3 aliphatic heterocycles. The molecule has 23 nitrogen and oxygen atoms in total. The lowest BCUT2D eigenvalue weighted by Gasteiger charge is -2.73. The molecule has 0 spiro atoms. The standard InChI is InChI=1S/C58H90O23/c1-12-25(3)48(72)80-45-46(81-49(73)26(4)13-2)58(24-61)29(20-53(45,5)6)28-14-15-32-55(9)18-17-33(54(7,8)31(55)16-19-56(32,10)57(28,11)43(68)44(58)69)76-52-42(79-51-38(66)36(64)35(63)30(22-60)75-51)40(39(67)41(78-52)47(70)71)77-50-37(65)34(62)27(21-59)23-74-50/h12-14,27,29-46,50-52,59-69H,15-24H2,1-11H3,(H,70,71)/b25-12-,26-13+/t27-,29?,30?,31?,32?,33+,34-,35+,36-,37?,38?,39+,40-,41?,42?,43+,44-,45+,46+,50+,51+,52-,55+,56-,57+,58+/m1/s1. The first-order chi connectivity index (χ1) is 37.8. The Morgan fingerprint density at radius 3 is 1.85 bits per heavy atom. The number of aliphatic hydroxyl groups is 11. The van der Waals surface area contributed by atoms with E-state index in [1.807, 2.05) is 34.6 Å². The highest BCUT2D eigenvalue weighted by molar-refractivity contribution is 5.89. The maximum atomic E-state index is 13.9. The first-order valence-corrected chi connectivity index (χ1v) is 28.6. The minimum atomic E-state index is -2.12. The minimum Gasteiger partial charge on any atom is -0.479 e. The van der Waals surface area contributed by atoms with E-state index < -0.39 is 192 Å². The maximum Gasteiger partial charge on any atom is 0.335 e. The summed E-state index contributed by atoms with van der Waals surface area (Å²) in [6, 6.07) is 0. The van der Waals surface area contributed by atoms with Gasteiger partial charge in [-0.3, -0.25) is 0 Å². The third kappa shape index (κ3) is 10.2. The number of carboxylic acids is 1. The van der Waals surface area contributed by atoms with Crippen LogP contribution in [-0.4, -0.2) is 216 Å². The van der Waals surface area contributed by atoms with Gasteiger partial charge >= 0.3 is 17.9 Å². The predicted molar refractivity (Wildman–Crippen MR) is 281 cm³/mol. The second-order valence-electron chi connectivity index (χ2n) is 26.4. The van der Waals surface area contributed by atoms with E-state index in [0.717, 1.165) is 5.57 Å². The molecule has 8 unspecified atom stereocenters. The van der Waals surface area contributed by atoms with Gasteiger partial charge in [0.25, 0.3) is 0 Å². The van der Waals surface area contributed by atoms with Crippen LogP contribution in [-0.2, 0) is 52.3 Å². The fourth-order valence-electron chi connectivity index (χ4n) is 16.4. The maximum absolute atomic E-state index is 13.9. The van der Waals surface area contributed by atoms with Crippen molar-refractivity contribution in [3.63, 3.8) is 0 Å². The molecule has 4 saturated carbocycles. The summed E-state index contributed by atoms with van der Waals surface area (Å²) in [5.41, 5.74) is -4.39. The van der Waals surface area contributed by atoms with E-state index in [1.54, 1.807) is 39.8 Å². The van der Waals surface area contributed by atoms with Crippen LogP contribution in [0, 0.1) is 56.2 Å². The Morgan fingerprint density at radius 2 is 1.27 bits per heavy atom. The Morgan fingerprint density at radius 1 is 0.667 bits per heavy atom. The summed E-state index contributed by atoms with van der Waals surface area (Å²) in [6.45, 7) is 18.3. The molecule has 5 aliphatic carbocycles. The van der Waals surface area contributed by atoms with Crippen LogP contribution in [0.4, 0.5) is 0 Å². The summed E-state index contributed by atoms with van der Waals surface area (Å²) in [5.74, 6) is -4.93. The van der Waals surface area contributed by atoms with Gasteiger partial charge in [-0.15, -0.1) is 0 Å². The van der Waals surface area contributed by atoms with Crippen molar-refractivity contribution in [2.24, 2.45) is 56.2 Å². The van der Waals surface area contributed by atoms with Crippen LogP contribution in [0.1, 0.15) is 115 Å². The zero-order valence-corrected chi connectivity index (χ0v) is 48.4. The molecule has 0 aromatic carbocycles. The number of aliphatic hydroxyl groups excluding tert-OH is 11. The number of carbonyl (C=O) groups is 3. The van der Waals surface area contributed by atoms with E-state index in [4.69, 9.17) is 37.9 Å². The number of ether oxygens (including phenoxy) is 8. The van der Waals surface area contributed by atoms with Crippen molar-refractivity contribution < 1.29 is 114 Å². The van der Waals surface area contributed by atoms with Gasteiger partial charge < -0.3 is 99.2 Å². The first kappa shape index (κ1) is 64.0. The number of allylic oxidation sites excluding steroid dienone is 3. The molecule has 3 heterocycles. The molecule has 0 radical (unpaired) electrons. The summed E-state index contributed by atoms with van der Waals surface area (Å²) in [7, 11) is 0. The Kier molecular flexibility index (Phi) is 18.4. The van der Waals surface area contributed by atoms with Gasteiger partial charge in [-0.25, -0.2) is 14.4 Å². The third-order valence-electron chi connectivity index (χ3n) is 21.7. The lowest BCUT2D eigenvalue weighted by atomic mass is 9.32. The van der Waals surface area contributed by atoms with E-state index in [-0.39, 0.29) is 30.4 Å². The number of carbonyl (C=O) groups excluding carboxylic acids is 2. The quantitative estimate of drug-likeness (QED) is 0.0488. The molecule has 81 heavy (non-hydrogen) atoms. The van der Waals surface area contributed by atoms with E-state index in [1.165, 1.54) is 0 Å². The molecule has 8 rings (SSSR count). The summed E-state index contributed by atoms with van der Waals surface area (Å²) in [6.07, 6.45) is -22.4. The molecule has 0 aromatic heterocycles. The van der Waals surface area contributed by atoms with Crippen LogP contribution in [0.15, 0.2) is 34.9 Å². The number of aliphatic carboxylic acids is 1. The van der Waals surface area contributed by atoms with Crippen LogP contribution >= 0.6 is 0 Å². The monoisotopic (exact) mass is 1150 g/mol. The van der Waals surface area contributed by atoms with Gasteiger partial charge in [0.1, 0.15) is 54.9 Å². The Bertz CT molecular complexity index is 2410. The van der Waals surface area contributed by atoms with E-state index >= 15 is 0 Å². The van der Waals surface area contributed by atoms with Crippen LogP contribution < -0.4 is 0 Å². The normalized spacial score (nSPS) is 48.7. The molecule has 8 aliphatic rings. The third-order valence-corrected chi connectivity index (χ3v) is 21.7. The SMILES string of the molecule is C/C=C(/C)C(=O)O[C@H]1[C@H](OC(=O)/C(C)=C/C)[C@@]2(CO)C(CC1(C)C)C1=CCC3[C@@]4(C)CC[C@H](O[C@@H]5OC(C(=O)O)[C@@H](O)[C@@H](O[C@@H]6OC[C@@H](CO)[C@@H](O)C6O)C5O[C@@H]5OC(CO)[C@H](O)[C@@H](O)C5O)C(C)(C)C4CC[C@@]3(C)[C@]1(C)[C@@H](O)[C@H]2O. The summed E-state index contributed by atoms with van der Waals surface area (Å²) >= 11 is 0. The van der Waals surface area contributed by atoms with Crippen molar-refractivity contribution in [2.75, 3.05) is 26.4 Å². The number of rotatable bonds is 14. The highest BCUT2D eigenvalue weighted by Crippen LogP contribution is 2.76. The smallest absolute Gasteiger partial charge is 0.335 e. The molecule has 12 N–H and O–H groups in total. The van der Waals surface area contributed by atoms with Crippen LogP contribution in [0.5, 0.6) is 0 Å². The molecule has 7 fully saturated rings. The van der Waals surface area contributed by atoms with Crippen LogP contribution in [0.25, 0.3) is 0 Å². The molecule has 0 aromatic rings. The summed E-state index contributed by atoms with van der Waals surface area (Å²) < 4.78 is 49.3. The van der Waals surface area contributed by atoms with Crippen molar-refractivity contribution in [3.8, 4) is 0 Å². The second kappa shape index (κ2) is 23.3. The van der Waals surface area contributed by atoms with Gasteiger partial charge in [-0.1, -0.05) is 72.3 Å². The van der Waals surface area contributed by atoms with Gasteiger partial charge in [0.05, 0.1) is 56.3 Å². The van der Waals surface area contributed by atoms with Gasteiger partial charge in [-0.05, 0) is 100 Å². The van der Waals surface area contributed by atoms with Gasteiger partial charge in [-0.2, -0.15) is 0 Å². The number of esters is 2. The average molecular weight is 1160 g/mol. The van der Waals surface area contributed by atoms with E-state index in [0.29, 0.717) is 37.7 Å². The lowest BCUT2D eigenvalue weighted by Crippen LogP contribution is -2.76. The summed E-state index contributed by atoms with van der Waals surface area (Å²) in [4.78, 5) is 40.4. The zero-order chi connectivity index (χ0) is 60.0. The fourth-order valence-corrected chi connectivity index (χ4v) is 16.4. The van der Waals surface area contributed by atoms with Crippen molar-refractivity contribution in [3.05, 3.63) is 34.9 Å². The van der Waals surface area contributed by atoms with Crippen molar-refractivity contribution in [1.29, 1.82) is 0 Å². The number of carboxylic acid groups (broad SMARTS) is 1. The lowest BCUT2D eigenvalue weighted by molar-refractivity contribution is -0.392. The minimum absolute atomic E-state index is 0.151. The first-order valence-electron chi connectivity index (χ1n) is 28.6. The Labute approximate surface area is 472 Å². The fraction of sp³-hybridized carbons (Fsp3) is 0.845. The van der Waals surface area contributed by atoms with Crippen molar-refractivity contribution in [2.45, 2.75) is 225 Å². The van der Waals surface area contributed by atoms with E-state index in [2.05, 4.69) is 19.9 Å². The molecule has 0 bridgehead atoms. The highest BCUT2D eigenvalue weighted by Gasteiger charge is 2.76.